The van der Waals surface area contributed by atoms with Gasteiger partial charge in [0.05, 0.1) is 24.3 Å². The highest BCUT2D eigenvalue weighted by atomic mass is 19.1. The topological polar surface area (TPSA) is 51.5 Å². The lowest BCUT2D eigenvalue weighted by Gasteiger charge is -2.26. The number of carbonyl (C=O) groups is 2. The van der Waals surface area contributed by atoms with Crippen LogP contribution in [0.4, 0.5) is 4.39 Å². The Balaban J connectivity index is 1.81. The minimum atomic E-state index is -0.549. The van der Waals surface area contributed by atoms with Crippen LogP contribution >= 0.6 is 0 Å². The second-order valence-corrected chi connectivity index (χ2v) is 8.41. The molecule has 0 bridgehead atoms. The van der Waals surface area contributed by atoms with E-state index in [4.69, 9.17) is 4.74 Å². The monoisotopic (exact) mass is 458 g/mol. The fourth-order valence-corrected chi connectivity index (χ4v) is 4.62. The zero-order valence-corrected chi connectivity index (χ0v) is 19.9. The van der Waals surface area contributed by atoms with Crippen molar-refractivity contribution in [3.05, 3.63) is 106 Å². The Morgan fingerprint density at radius 2 is 1.68 bits per heavy atom. The van der Waals surface area contributed by atoms with E-state index < -0.39 is 5.97 Å². The van der Waals surface area contributed by atoms with Gasteiger partial charge in [0.25, 0.3) is 5.91 Å². The lowest BCUT2D eigenvalue weighted by atomic mass is 10.0. The van der Waals surface area contributed by atoms with Gasteiger partial charge in [0.1, 0.15) is 5.82 Å². The summed E-state index contributed by atoms with van der Waals surface area (Å²) in [5, 5.41) is 0. The zero-order chi connectivity index (χ0) is 24.6. The van der Waals surface area contributed by atoms with Gasteiger partial charge in [-0.1, -0.05) is 30.3 Å². The molecule has 0 aliphatic carbocycles. The number of hydrogen-bond donors (Lipinski definition) is 0. The molecule has 1 unspecified atom stereocenters. The van der Waals surface area contributed by atoms with Gasteiger partial charge in [-0.15, -0.1) is 0 Å². The predicted octanol–water partition coefficient (Wildman–Crippen LogP) is 5.67. The fraction of sp³-hybridized carbons (Fsp3) is 0.214. The molecule has 1 aliphatic rings. The number of ether oxygens (including phenoxy) is 1. The average molecular weight is 459 g/mol. The van der Waals surface area contributed by atoms with Gasteiger partial charge in [0, 0.05) is 22.8 Å². The van der Waals surface area contributed by atoms with Gasteiger partial charge in [0.2, 0.25) is 0 Å². The van der Waals surface area contributed by atoms with Gasteiger partial charge in [-0.3, -0.25) is 4.79 Å². The number of esters is 1. The number of carbonyl (C=O) groups excluding carboxylic acids is 2. The largest absolute Gasteiger partial charge is 0.465 e. The van der Waals surface area contributed by atoms with Crippen LogP contribution in [0.1, 0.15) is 42.4 Å². The van der Waals surface area contributed by atoms with E-state index in [0.717, 1.165) is 28.2 Å². The summed E-state index contributed by atoms with van der Waals surface area (Å²) in [5.74, 6) is -1.10. The van der Waals surface area contributed by atoms with E-state index in [1.807, 2.05) is 61.7 Å². The molecule has 1 amide bonds. The van der Waals surface area contributed by atoms with Crippen molar-refractivity contribution in [2.75, 3.05) is 7.11 Å². The van der Waals surface area contributed by atoms with Crippen LogP contribution in [0.2, 0.25) is 0 Å². The molecular weight excluding hydrogens is 431 g/mol. The van der Waals surface area contributed by atoms with Gasteiger partial charge in [0.15, 0.2) is 0 Å². The quantitative estimate of drug-likeness (QED) is 0.366. The molecule has 1 aromatic heterocycles. The molecule has 5 nitrogen and oxygen atoms in total. The molecule has 0 saturated heterocycles. The Hall–Kier alpha value is -3.93. The normalized spacial score (nSPS) is 15.9. The molecule has 3 aromatic rings. The van der Waals surface area contributed by atoms with Gasteiger partial charge in [-0.2, -0.15) is 0 Å². The van der Waals surface area contributed by atoms with Crippen LogP contribution in [0.3, 0.4) is 0 Å². The van der Waals surface area contributed by atoms with Crippen LogP contribution in [0.25, 0.3) is 11.8 Å². The third kappa shape index (κ3) is 3.96. The molecule has 1 atom stereocenters. The molecule has 1 aliphatic heterocycles. The van der Waals surface area contributed by atoms with Crippen molar-refractivity contribution in [3.63, 3.8) is 0 Å². The number of benzene rings is 2. The SMILES string of the molecule is COC(=O)C1=C(C)N(C(C)c2ccccc2)C(=O)/C1=C\c1cc(C)n(-c2ccc(F)cc2)c1C. The van der Waals surface area contributed by atoms with Crippen LogP contribution < -0.4 is 0 Å². The van der Waals surface area contributed by atoms with Crippen LogP contribution in [0.5, 0.6) is 0 Å². The summed E-state index contributed by atoms with van der Waals surface area (Å²) < 4.78 is 20.5. The van der Waals surface area contributed by atoms with Crippen molar-refractivity contribution in [1.29, 1.82) is 0 Å². The summed E-state index contributed by atoms with van der Waals surface area (Å²) in [7, 11) is 1.31. The highest BCUT2D eigenvalue weighted by molar-refractivity contribution is 6.16. The Morgan fingerprint density at radius 1 is 1.03 bits per heavy atom. The highest BCUT2D eigenvalue weighted by Crippen LogP contribution is 2.38. The fourth-order valence-electron chi connectivity index (χ4n) is 4.62. The van der Waals surface area contributed by atoms with Crippen molar-refractivity contribution in [2.45, 2.75) is 33.7 Å². The number of rotatable bonds is 5. The van der Waals surface area contributed by atoms with Crippen molar-refractivity contribution >= 4 is 18.0 Å². The highest BCUT2D eigenvalue weighted by Gasteiger charge is 2.39. The van der Waals surface area contributed by atoms with E-state index in [1.165, 1.54) is 19.2 Å². The van der Waals surface area contributed by atoms with Crippen LogP contribution in [-0.4, -0.2) is 28.5 Å². The first kappa shape index (κ1) is 23.2. The Labute approximate surface area is 198 Å². The minimum absolute atomic E-state index is 0.249. The van der Waals surface area contributed by atoms with Crippen LogP contribution in [0.15, 0.2) is 77.5 Å². The maximum Gasteiger partial charge on any atom is 0.340 e. The molecule has 4 rings (SSSR count). The standard InChI is InChI=1S/C28H27FN2O3/c1-17-15-22(19(3)30(17)24-13-11-23(29)12-14-24)16-25-26(28(33)34-5)20(4)31(27(25)32)18(2)21-9-7-6-8-10-21/h6-16,18H,1-5H3/b25-16-. The second kappa shape index (κ2) is 9.14. The van der Waals surface area contributed by atoms with Gasteiger partial charge in [-0.25, -0.2) is 9.18 Å². The number of methoxy groups -OCH3 is 1. The van der Waals surface area contributed by atoms with Gasteiger partial charge >= 0.3 is 5.97 Å². The van der Waals surface area contributed by atoms with E-state index >= 15 is 0 Å². The summed E-state index contributed by atoms with van der Waals surface area (Å²) in [4.78, 5) is 28.0. The molecular formula is C28H27FN2O3. The van der Waals surface area contributed by atoms with E-state index in [9.17, 15) is 14.0 Å². The minimum Gasteiger partial charge on any atom is -0.465 e. The third-order valence-electron chi connectivity index (χ3n) is 6.36. The number of allylic oxidation sites excluding steroid dienone is 1. The lowest BCUT2D eigenvalue weighted by molar-refractivity contribution is -0.136. The number of amides is 1. The van der Waals surface area contributed by atoms with E-state index in [-0.39, 0.29) is 23.3 Å². The van der Waals surface area contributed by atoms with Crippen LogP contribution in [-0.2, 0) is 14.3 Å². The van der Waals surface area contributed by atoms with Crippen molar-refractivity contribution < 1.29 is 18.7 Å². The maximum atomic E-state index is 13.6. The third-order valence-corrected chi connectivity index (χ3v) is 6.36. The van der Waals surface area contributed by atoms with Crippen molar-refractivity contribution in [1.82, 2.24) is 9.47 Å². The molecule has 0 saturated carbocycles. The van der Waals surface area contributed by atoms with Crippen LogP contribution in [0, 0.1) is 19.7 Å². The number of aromatic nitrogens is 1. The summed E-state index contributed by atoms with van der Waals surface area (Å²) >= 11 is 0. The molecule has 2 aromatic carbocycles. The number of hydrogen-bond acceptors (Lipinski definition) is 3. The maximum absolute atomic E-state index is 13.6. The molecule has 174 valence electrons. The molecule has 6 heteroatoms. The lowest BCUT2D eigenvalue weighted by Crippen LogP contribution is -2.28. The number of halogens is 1. The second-order valence-electron chi connectivity index (χ2n) is 8.41. The van der Waals surface area contributed by atoms with E-state index in [0.29, 0.717) is 11.3 Å². The molecule has 0 radical (unpaired) electrons. The average Bonchev–Trinajstić information content (AvgIpc) is 3.25. The first-order chi connectivity index (χ1) is 16.2. The van der Waals surface area contributed by atoms with Gasteiger partial charge in [-0.05, 0) is 75.2 Å². The molecule has 0 N–H and O–H groups in total. The van der Waals surface area contributed by atoms with Crippen molar-refractivity contribution in [2.24, 2.45) is 0 Å². The van der Waals surface area contributed by atoms with E-state index in [2.05, 4.69) is 0 Å². The molecule has 34 heavy (non-hydrogen) atoms. The predicted molar refractivity (Wildman–Crippen MR) is 130 cm³/mol. The molecule has 2 heterocycles. The van der Waals surface area contributed by atoms with E-state index in [1.54, 1.807) is 30.0 Å². The zero-order valence-electron chi connectivity index (χ0n) is 19.9. The first-order valence-corrected chi connectivity index (χ1v) is 11.1. The Morgan fingerprint density at radius 3 is 2.29 bits per heavy atom. The smallest absolute Gasteiger partial charge is 0.340 e. The molecule has 0 fully saturated rings. The molecule has 0 spiro atoms. The van der Waals surface area contributed by atoms with Crippen molar-refractivity contribution in [3.8, 4) is 5.69 Å². The van der Waals surface area contributed by atoms with Gasteiger partial charge < -0.3 is 14.2 Å². The summed E-state index contributed by atoms with van der Waals surface area (Å²) in [6.07, 6.45) is 1.75. The Kier molecular flexibility index (Phi) is 6.24. The number of aryl methyl sites for hydroxylation is 1. The summed E-state index contributed by atoms with van der Waals surface area (Å²) in [6.45, 7) is 7.59. The number of nitrogens with zero attached hydrogens (tertiary/aromatic N) is 2. The summed E-state index contributed by atoms with van der Waals surface area (Å²) in [6, 6.07) is 17.6. The Bertz CT molecular complexity index is 1320. The first-order valence-electron chi connectivity index (χ1n) is 11.1. The summed E-state index contributed by atoms with van der Waals surface area (Å²) in [5.41, 5.74) is 5.51.